The number of nitrogens with one attached hydrogen (secondary N) is 1. The summed E-state index contributed by atoms with van der Waals surface area (Å²) < 4.78 is 25.0. The standard InChI is InChI=1S/C22H18BrFN2O3/c23-18-6-3-4-16(12-18)14-29-21-7-2-1-5-17(21)13-25-26-22(27)15-28-20-10-8-19(24)9-11-20/h1-13H,14-15H2,(H,26,27)/b25-13-. The van der Waals surface area contributed by atoms with Gasteiger partial charge in [0, 0.05) is 10.0 Å². The maximum Gasteiger partial charge on any atom is 0.277 e. The van der Waals surface area contributed by atoms with Gasteiger partial charge in [0.2, 0.25) is 0 Å². The van der Waals surface area contributed by atoms with Gasteiger partial charge in [0.25, 0.3) is 5.91 Å². The number of hydrogen-bond donors (Lipinski definition) is 1. The lowest BCUT2D eigenvalue weighted by atomic mass is 10.2. The predicted molar refractivity (Wildman–Crippen MR) is 113 cm³/mol. The van der Waals surface area contributed by atoms with Crippen LogP contribution in [0, 0.1) is 5.82 Å². The van der Waals surface area contributed by atoms with Gasteiger partial charge < -0.3 is 9.47 Å². The molecule has 0 bridgehead atoms. The molecule has 0 aliphatic rings. The van der Waals surface area contributed by atoms with E-state index in [9.17, 15) is 9.18 Å². The normalized spacial score (nSPS) is 10.7. The first-order valence-electron chi connectivity index (χ1n) is 8.77. The van der Waals surface area contributed by atoms with Crippen molar-refractivity contribution in [3.05, 3.63) is 94.2 Å². The molecule has 0 saturated heterocycles. The summed E-state index contributed by atoms with van der Waals surface area (Å²) in [6, 6.07) is 20.7. The van der Waals surface area contributed by atoms with Crippen molar-refractivity contribution in [2.24, 2.45) is 5.10 Å². The van der Waals surface area contributed by atoms with Crippen LogP contribution in [0.5, 0.6) is 11.5 Å². The Morgan fingerprint density at radius 2 is 1.83 bits per heavy atom. The fourth-order valence-electron chi connectivity index (χ4n) is 2.39. The number of carbonyl (C=O) groups is 1. The molecule has 29 heavy (non-hydrogen) atoms. The molecule has 3 aromatic carbocycles. The van der Waals surface area contributed by atoms with E-state index in [2.05, 4.69) is 26.5 Å². The third-order valence-electron chi connectivity index (χ3n) is 3.78. The van der Waals surface area contributed by atoms with E-state index in [-0.39, 0.29) is 12.4 Å². The number of hydrogen-bond acceptors (Lipinski definition) is 4. The Morgan fingerprint density at radius 3 is 2.62 bits per heavy atom. The van der Waals surface area contributed by atoms with Crippen LogP contribution >= 0.6 is 15.9 Å². The molecule has 5 nitrogen and oxygen atoms in total. The first-order chi connectivity index (χ1) is 14.1. The molecule has 3 aromatic rings. The topological polar surface area (TPSA) is 59.9 Å². The molecule has 0 aliphatic heterocycles. The molecule has 0 fully saturated rings. The quantitative estimate of drug-likeness (QED) is 0.394. The lowest BCUT2D eigenvalue weighted by molar-refractivity contribution is -0.123. The predicted octanol–water partition coefficient (Wildman–Crippen LogP) is 4.70. The van der Waals surface area contributed by atoms with Crippen LogP contribution in [0.1, 0.15) is 11.1 Å². The monoisotopic (exact) mass is 456 g/mol. The van der Waals surface area contributed by atoms with Gasteiger partial charge in [-0.3, -0.25) is 4.79 Å². The van der Waals surface area contributed by atoms with Gasteiger partial charge in [-0.05, 0) is 54.1 Å². The number of nitrogens with zero attached hydrogens (tertiary/aromatic N) is 1. The van der Waals surface area contributed by atoms with Gasteiger partial charge >= 0.3 is 0 Å². The molecule has 0 radical (unpaired) electrons. The van der Waals surface area contributed by atoms with E-state index in [0.717, 1.165) is 15.6 Å². The number of rotatable bonds is 8. The second-order valence-electron chi connectivity index (χ2n) is 5.99. The van der Waals surface area contributed by atoms with Gasteiger partial charge in [0.05, 0.1) is 6.21 Å². The molecule has 3 rings (SSSR count). The summed E-state index contributed by atoms with van der Waals surface area (Å²) in [5.41, 5.74) is 4.14. The zero-order valence-corrected chi connectivity index (χ0v) is 16.9. The molecule has 0 spiro atoms. The van der Waals surface area contributed by atoms with Crippen LogP contribution in [0.25, 0.3) is 0 Å². The minimum Gasteiger partial charge on any atom is -0.488 e. The second kappa shape index (κ2) is 10.4. The lowest BCUT2D eigenvalue weighted by Gasteiger charge is -2.09. The van der Waals surface area contributed by atoms with E-state index < -0.39 is 5.91 Å². The van der Waals surface area contributed by atoms with Gasteiger partial charge in [-0.25, -0.2) is 9.82 Å². The maximum absolute atomic E-state index is 12.8. The molecule has 148 valence electrons. The summed E-state index contributed by atoms with van der Waals surface area (Å²) in [6.07, 6.45) is 1.51. The Morgan fingerprint density at radius 1 is 1.03 bits per heavy atom. The van der Waals surface area contributed by atoms with Crippen molar-refractivity contribution in [2.75, 3.05) is 6.61 Å². The van der Waals surface area contributed by atoms with E-state index >= 15 is 0 Å². The Labute approximate surface area is 176 Å². The number of amides is 1. The van der Waals surface area contributed by atoms with Crippen LogP contribution < -0.4 is 14.9 Å². The summed E-state index contributed by atoms with van der Waals surface area (Å²) in [7, 11) is 0. The Hall–Kier alpha value is -3.19. The van der Waals surface area contributed by atoms with Crippen LogP contribution in [0.4, 0.5) is 4.39 Å². The minimum absolute atomic E-state index is 0.232. The molecule has 7 heteroatoms. The SMILES string of the molecule is O=C(COc1ccc(F)cc1)N/N=C\c1ccccc1OCc1cccc(Br)c1. The lowest BCUT2D eigenvalue weighted by Crippen LogP contribution is -2.24. The zero-order valence-electron chi connectivity index (χ0n) is 15.3. The van der Waals surface area contributed by atoms with Crippen LogP contribution in [-0.2, 0) is 11.4 Å². The number of ether oxygens (including phenoxy) is 2. The molecule has 1 N–H and O–H groups in total. The molecule has 0 unspecified atom stereocenters. The van der Waals surface area contributed by atoms with Crippen molar-refractivity contribution < 1.29 is 18.7 Å². The fourth-order valence-corrected chi connectivity index (χ4v) is 2.84. The summed E-state index contributed by atoms with van der Waals surface area (Å²) in [5.74, 6) is 0.246. The van der Waals surface area contributed by atoms with Crippen LogP contribution in [0.2, 0.25) is 0 Å². The smallest absolute Gasteiger partial charge is 0.277 e. The highest BCUT2D eigenvalue weighted by atomic mass is 79.9. The highest BCUT2D eigenvalue weighted by molar-refractivity contribution is 9.10. The molecule has 0 aromatic heterocycles. The average Bonchev–Trinajstić information content (AvgIpc) is 2.73. The number of benzene rings is 3. The number of para-hydroxylation sites is 1. The zero-order chi connectivity index (χ0) is 20.5. The van der Waals surface area contributed by atoms with Crippen molar-refractivity contribution in [1.82, 2.24) is 5.43 Å². The van der Waals surface area contributed by atoms with Gasteiger partial charge in [-0.1, -0.05) is 40.2 Å². The molecule has 1 amide bonds. The van der Waals surface area contributed by atoms with Crippen molar-refractivity contribution in [1.29, 1.82) is 0 Å². The molecular formula is C22H18BrFN2O3. The number of carbonyl (C=O) groups excluding carboxylic acids is 1. The third kappa shape index (κ3) is 6.73. The van der Waals surface area contributed by atoms with Crippen molar-refractivity contribution in [3.8, 4) is 11.5 Å². The maximum atomic E-state index is 12.8. The Balaban J connectivity index is 1.52. The number of hydrazone groups is 1. The summed E-state index contributed by atoms with van der Waals surface area (Å²) in [4.78, 5) is 11.8. The Kier molecular flexibility index (Phi) is 7.35. The first-order valence-corrected chi connectivity index (χ1v) is 9.56. The van der Waals surface area contributed by atoms with Gasteiger partial charge in [-0.15, -0.1) is 0 Å². The first kappa shape index (κ1) is 20.5. The largest absolute Gasteiger partial charge is 0.488 e. The van der Waals surface area contributed by atoms with Crippen molar-refractivity contribution in [3.63, 3.8) is 0 Å². The van der Waals surface area contributed by atoms with Crippen molar-refractivity contribution in [2.45, 2.75) is 6.61 Å². The van der Waals surface area contributed by atoms with Gasteiger partial charge in [0.1, 0.15) is 23.9 Å². The van der Waals surface area contributed by atoms with Crippen LogP contribution in [-0.4, -0.2) is 18.7 Å². The van der Waals surface area contributed by atoms with Crippen molar-refractivity contribution >= 4 is 28.1 Å². The van der Waals surface area contributed by atoms with Crippen LogP contribution in [0.3, 0.4) is 0 Å². The average molecular weight is 457 g/mol. The van der Waals surface area contributed by atoms with Gasteiger partial charge in [-0.2, -0.15) is 5.10 Å². The molecule has 0 saturated carbocycles. The van der Waals surface area contributed by atoms with E-state index in [1.54, 1.807) is 0 Å². The molecule has 0 atom stereocenters. The summed E-state index contributed by atoms with van der Waals surface area (Å²) in [5, 5.41) is 3.95. The molecule has 0 heterocycles. The van der Waals surface area contributed by atoms with Gasteiger partial charge in [0.15, 0.2) is 6.61 Å². The molecule has 0 aliphatic carbocycles. The second-order valence-corrected chi connectivity index (χ2v) is 6.91. The summed E-state index contributed by atoms with van der Waals surface area (Å²) in [6.45, 7) is 0.173. The van der Waals surface area contributed by atoms with E-state index in [4.69, 9.17) is 9.47 Å². The van der Waals surface area contributed by atoms with Crippen LogP contribution in [0.15, 0.2) is 82.4 Å². The Bertz CT molecular complexity index is 993. The fraction of sp³-hybridized carbons (Fsp3) is 0.0909. The molecular weight excluding hydrogens is 439 g/mol. The van der Waals surface area contributed by atoms with E-state index in [1.165, 1.54) is 30.5 Å². The van der Waals surface area contributed by atoms with E-state index in [1.807, 2.05) is 48.5 Å². The highest BCUT2D eigenvalue weighted by Gasteiger charge is 2.04. The highest BCUT2D eigenvalue weighted by Crippen LogP contribution is 2.19. The number of halogens is 2. The minimum atomic E-state index is -0.432. The summed E-state index contributed by atoms with van der Waals surface area (Å²) >= 11 is 3.44. The third-order valence-corrected chi connectivity index (χ3v) is 4.27. The van der Waals surface area contributed by atoms with E-state index in [0.29, 0.717) is 18.1 Å².